The highest BCUT2D eigenvalue weighted by Gasteiger charge is 2.38. The molecule has 2 N–H and O–H groups in total. The Kier molecular flexibility index (Phi) is 8.63. The van der Waals surface area contributed by atoms with Crippen LogP contribution in [0.25, 0.3) is 0 Å². The van der Waals surface area contributed by atoms with Gasteiger partial charge in [-0.25, -0.2) is 0 Å². The third-order valence-corrected chi connectivity index (χ3v) is 5.50. The number of aromatic nitrogens is 2. The maximum atomic E-state index is 12.6. The molecule has 9 nitrogen and oxygen atoms in total. The van der Waals surface area contributed by atoms with Gasteiger partial charge in [0.1, 0.15) is 5.69 Å². The van der Waals surface area contributed by atoms with Gasteiger partial charge in [0.2, 0.25) is 0 Å². The number of aryl methyl sites for hydroxylation is 2. The summed E-state index contributed by atoms with van der Waals surface area (Å²) in [5.41, 5.74) is 1.47. The highest BCUT2D eigenvalue weighted by atomic mass is 16.5. The first kappa shape index (κ1) is 22.9. The van der Waals surface area contributed by atoms with E-state index in [-0.39, 0.29) is 30.4 Å². The fraction of sp³-hybridized carbons (Fsp3) is 0.700. The van der Waals surface area contributed by atoms with Gasteiger partial charge < -0.3 is 15.2 Å². The quantitative estimate of drug-likeness (QED) is 0.494. The number of likely N-dealkylation sites (tertiary alicyclic amines) is 1. The summed E-state index contributed by atoms with van der Waals surface area (Å²) in [6.07, 6.45) is 4.97. The van der Waals surface area contributed by atoms with Crippen molar-refractivity contribution in [3.8, 4) is 0 Å². The molecule has 1 amide bonds. The maximum absolute atomic E-state index is 12.6. The summed E-state index contributed by atoms with van der Waals surface area (Å²) in [5.74, 6) is 0.522. The highest BCUT2D eigenvalue weighted by molar-refractivity contribution is 5.92. The van der Waals surface area contributed by atoms with Crippen LogP contribution >= 0.6 is 0 Å². The van der Waals surface area contributed by atoms with E-state index in [4.69, 9.17) is 14.6 Å². The van der Waals surface area contributed by atoms with Crippen LogP contribution in [0, 0.1) is 12.8 Å². The molecule has 2 aliphatic rings. The molecule has 9 heteroatoms. The lowest BCUT2D eigenvalue weighted by Gasteiger charge is -2.30. The molecule has 0 spiro atoms. The minimum Gasteiger partial charge on any atom is -0.483 e. The normalized spacial score (nSPS) is 21.2. The largest absolute Gasteiger partial charge is 0.483 e. The number of amides is 1. The summed E-state index contributed by atoms with van der Waals surface area (Å²) >= 11 is 0. The van der Waals surface area contributed by atoms with E-state index in [0.717, 1.165) is 31.0 Å². The van der Waals surface area contributed by atoms with Crippen LogP contribution in [-0.2, 0) is 20.9 Å². The van der Waals surface area contributed by atoms with E-state index in [2.05, 4.69) is 15.3 Å². The highest BCUT2D eigenvalue weighted by Crippen LogP contribution is 2.35. The standard InChI is InChI=1S/C19H30N4O3.CH2O2/c1-4-23-17(9-13(2)21-23)19(25)20-11-16-8-7-15(10-18(24)26-3)22(16)12-14-5-6-14;2-1-3/h9,14-16H,4-8,10-12H2,1-3H3,(H,20,25);1H,(H,2,3)/t15-,16+;/m1./s1. The Balaban J connectivity index is 0.000000941. The summed E-state index contributed by atoms with van der Waals surface area (Å²) in [6.45, 7) is 5.93. The second kappa shape index (κ2) is 10.9. The van der Waals surface area contributed by atoms with Crippen molar-refractivity contribution in [1.29, 1.82) is 0 Å². The second-order valence-electron chi connectivity index (χ2n) is 7.61. The zero-order valence-electron chi connectivity index (χ0n) is 17.5. The number of hydrogen-bond acceptors (Lipinski definition) is 6. The Bertz CT molecular complexity index is 701. The van der Waals surface area contributed by atoms with Gasteiger partial charge in [-0.1, -0.05) is 0 Å². The third-order valence-electron chi connectivity index (χ3n) is 5.50. The molecule has 0 unspecified atom stereocenters. The van der Waals surface area contributed by atoms with Crippen molar-refractivity contribution in [2.24, 2.45) is 5.92 Å². The van der Waals surface area contributed by atoms with Crippen LogP contribution in [0.5, 0.6) is 0 Å². The van der Waals surface area contributed by atoms with Gasteiger partial charge in [0.05, 0.1) is 19.2 Å². The first-order valence-electron chi connectivity index (χ1n) is 10.2. The maximum Gasteiger partial charge on any atom is 0.307 e. The topological polar surface area (TPSA) is 114 Å². The van der Waals surface area contributed by atoms with Gasteiger partial charge in [-0.2, -0.15) is 5.10 Å². The summed E-state index contributed by atoms with van der Waals surface area (Å²) in [6, 6.07) is 2.34. The van der Waals surface area contributed by atoms with Crippen LogP contribution in [0.15, 0.2) is 6.07 Å². The second-order valence-corrected chi connectivity index (χ2v) is 7.61. The van der Waals surface area contributed by atoms with Gasteiger partial charge in [0.15, 0.2) is 0 Å². The van der Waals surface area contributed by atoms with E-state index in [1.54, 1.807) is 4.68 Å². The Labute approximate surface area is 171 Å². The molecule has 1 saturated carbocycles. The molecule has 3 rings (SSSR count). The van der Waals surface area contributed by atoms with Crippen LogP contribution in [0.1, 0.15) is 55.2 Å². The summed E-state index contributed by atoms with van der Waals surface area (Å²) < 4.78 is 6.59. The molecule has 2 heterocycles. The van der Waals surface area contributed by atoms with Gasteiger partial charge in [-0.15, -0.1) is 0 Å². The molecule has 1 saturated heterocycles. The molecular weight excluding hydrogens is 376 g/mol. The number of rotatable bonds is 8. The van der Waals surface area contributed by atoms with E-state index < -0.39 is 0 Å². The third kappa shape index (κ3) is 6.56. The average molecular weight is 408 g/mol. The predicted octanol–water partition coefficient (Wildman–Crippen LogP) is 1.45. The molecule has 2 atom stereocenters. The lowest BCUT2D eigenvalue weighted by molar-refractivity contribution is -0.142. The summed E-state index contributed by atoms with van der Waals surface area (Å²) in [5, 5.41) is 14.3. The van der Waals surface area contributed by atoms with Crippen molar-refractivity contribution in [1.82, 2.24) is 20.0 Å². The minimum atomic E-state index is -0.250. The molecule has 0 aromatic carbocycles. The fourth-order valence-corrected chi connectivity index (χ4v) is 3.90. The molecule has 0 bridgehead atoms. The number of ether oxygens (including phenoxy) is 1. The smallest absolute Gasteiger partial charge is 0.307 e. The number of carbonyl (C=O) groups is 3. The van der Waals surface area contributed by atoms with E-state index in [9.17, 15) is 9.59 Å². The number of hydrogen-bond donors (Lipinski definition) is 2. The molecule has 1 aliphatic carbocycles. The zero-order chi connectivity index (χ0) is 21.4. The number of nitrogens with one attached hydrogen (secondary N) is 1. The van der Waals surface area contributed by atoms with Gasteiger partial charge in [-0.3, -0.25) is 24.0 Å². The van der Waals surface area contributed by atoms with E-state index in [0.29, 0.717) is 25.2 Å². The van der Waals surface area contributed by atoms with E-state index >= 15 is 0 Å². The molecule has 1 aromatic rings. The first-order chi connectivity index (χ1) is 13.9. The van der Waals surface area contributed by atoms with Crippen molar-refractivity contribution in [2.75, 3.05) is 20.2 Å². The first-order valence-corrected chi connectivity index (χ1v) is 10.2. The number of nitrogens with zero attached hydrogens (tertiary/aromatic N) is 3. The van der Waals surface area contributed by atoms with Crippen LogP contribution in [0.2, 0.25) is 0 Å². The van der Waals surface area contributed by atoms with Crippen LogP contribution in [0.3, 0.4) is 0 Å². The summed E-state index contributed by atoms with van der Waals surface area (Å²) in [4.78, 5) is 35.1. The van der Waals surface area contributed by atoms with E-state index in [1.165, 1.54) is 20.0 Å². The Hall–Kier alpha value is -2.42. The monoisotopic (exact) mass is 408 g/mol. The van der Waals surface area contributed by atoms with Gasteiger partial charge in [0.25, 0.3) is 12.4 Å². The van der Waals surface area contributed by atoms with Gasteiger partial charge in [0, 0.05) is 31.7 Å². The lowest BCUT2D eigenvalue weighted by atomic mass is 10.1. The van der Waals surface area contributed by atoms with Crippen molar-refractivity contribution >= 4 is 18.3 Å². The Morgan fingerprint density at radius 1 is 1.31 bits per heavy atom. The molecule has 162 valence electrons. The Morgan fingerprint density at radius 3 is 2.55 bits per heavy atom. The van der Waals surface area contributed by atoms with E-state index in [1.807, 2.05) is 19.9 Å². The lowest BCUT2D eigenvalue weighted by Crippen LogP contribution is -2.45. The van der Waals surface area contributed by atoms with Crippen LogP contribution in [0.4, 0.5) is 0 Å². The number of esters is 1. The molecule has 2 fully saturated rings. The van der Waals surface area contributed by atoms with Gasteiger partial charge >= 0.3 is 5.97 Å². The average Bonchev–Trinajstić information content (AvgIpc) is 3.33. The van der Waals surface area contributed by atoms with Crippen molar-refractivity contribution in [2.45, 2.75) is 64.6 Å². The molecule has 29 heavy (non-hydrogen) atoms. The predicted molar refractivity (Wildman–Crippen MR) is 107 cm³/mol. The molecule has 1 aromatic heterocycles. The Morgan fingerprint density at radius 2 is 1.97 bits per heavy atom. The molecule has 0 radical (unpaired) electrons. The van der Waals surface area contributed by atoms with Crippen molar-refractivity contribution in [3.63, 3.8) is 0 Å². The number of carboxylic acid groups (broad SMARTS) is 1. The van der Waals surface area contributed by atoms with Crippen molar-refractivity contribution in [3.05, 3.63) is 17.5 Å². The number of carbonyl (C=O) groups excluding carboxylic acids is 2. The number of methoxy groups -OCH3 is 1. The molecular formula is C20H32N4O5. The van der Waals surface area contributed by atoms with Crippen LogP contribution < -0.4 is 5.32 Å². The summed E-state index contributed by atoms with van der Waals surface area (Å²) in [7, 11) is 1.44. The zero-order valence-corrected chi connectivity index (χ0v) is 17.5. The SMILES string of the molecule is CCn1nc(C)cc1C(=O)NC[C@@H]1CC[C@H](CC(=O)OC)N1CC1CC1.O=CO. The molecule has 1 aliphatic heterocycles. The van der Waals surface area contributed by atoms with Crippen molar-refractivity contribution < 1.29 is 24.2 Å². The fourth-order valence-electron chi connectivity index (χ4n) is 3.90. The van der Waals surface area contributed by atoms with Crippen LogP contribution in [-0.4, -0.2) is 70.4 Å². The van der Waals surface area contributed by atoms with Gasteiger partial charge in [-0.05, 0) is 51.5 Å². The minimum absolute atomic E-state index is 0.0739.